The summed E-state index contributed by atoms with van der Waals surface area (Å²) in [6, 6.07) is 5.08. The van der Waals surface area contributed by atoms with Gasteiger partial charge in [0.05, 0.1) is 0 Å². The molecule has 1 rings (SSSR count). The fourth-order valence-electron chi connectivity index (χ4n) is 1.63. The highest BCUT2D eigenvalue weighted by atomic mass is 79.9. The zero-order chi connectivity index (χ0) is 12.5. The third-order valence-corrected chi connectivity index (χ3v) is 3.10. The SMILES string of the molecule is CNCCCCNCCc1cc(Br)ccc1F. The van der Waals surface area contributed by atoms with Crippen molar-refractivity contribution >= 4 is 15.9 Å². The highest BCUT2D eigenvalue weighted by Gasteiger charge is 2.01. The maximum atomic E-state index is 13.4. The predicted molar refractivity (Wildman–Crippen MR) is 73.8 cm³/mol. The highest BCUT2D eigenvalue weighted by molar-refractivity contribution is 9.10. The summed E-state index contributed by atoms with van der Waals surface area (Å²) in [7, 11) is 1.96. The molecule has 0 aromatic heterocycles. The van der Waals surface area contributed by atoms with E-state index in [1.54, 1.807) is 6.07 Å². The molecule has 2 N–H and O–H groups in total. The Hall–Kier alpha value is -0.450. The first-order chi connectivity index (χ1) is 8.24. The largest absolute Gasteiger partial charge is 0.320 e. The minimum atomic E-state index is -0.120. The molecule has 0 saturated carbocycles. The molecule has 0 spiro atoms. The second-order valence-corrected chi connectivity index (χ2v) is 4.96. The number of nitrogens with one attached hydrogen (secondary N) is 2. The number of rotatable bonds is 8. The Morgan fingerprint density at radius 1 is 1.18 bits per heavy atom. The summed E-state index contributed by atoms with van der Waals surface area (Å²) in [6.45, 7) is 2.88. The molecule has 0 radical (unpaired) electrons. The molecule has 2 nitrogen and oxygen atoms in total. The molecular weight excluding hydrogens is 283 g/mol. The Kier molecular flexibility index (Phi) is 7.40. The van der Waals surface area contributed by atoms with Gasteiger partial charge < -0.3 is 10.6 Å². The van der Waals surface area contributed by atoms with Gasteiger partial charge in [0.2, 0.25) is 0 Å². The van der Waals surface area contributed by atoms with Crippen LogP contribution in [0.15, 0.2) is 22.7 Å². The second-order valence-electron chi connectivity index (χ2n) is 4.05. The van der Waals surface area contributed by atoms with Gasteiger partial charge in [-0.2, -0.15) is 0 Å². The molecular formula is C13H20BrFN2. The van der Waals surface area contributed by atoms with Crippen molar-refractivity contribution in [2.45, 2.75) is 19.3 Å². The van der Waals surface area contributed by atoms with E-state index in [1.807, 2.05) is 13.1 Å². The van der Waals surface area contributed by atoms with E-state index in [0.717, 1.165) is 42.5 Å². The molecule has 0 aliphatic heterocycles. The summed E-state index contributed by atoms with van der Waals surface area (Å²) < 4.78 is 14.3. The quantitative estimate of drug-likeness (QED) is 0.722. The minimum absolute atomic E-state index is 0.120. The van der Waals surface area contributed by atoms with Crippen LogP contribution in [0, 0.1) is 5.82 Å². The van der Waals surface area contributed by atoms with Crippen LogP contribution in [0.2, 0.25) is 0 Å². The first kappa shape index (κ1) is 14.6. The summed E-state index contributed by atoms with van der Waals surface area (Å²) in [6.07, 6.45) is 3.06. The fraction of sp³-hybridized carbons (Fsp3) is 0.538. The van der Waals surface area contributed by atoms with Gasteiger partial charge in [0.25, 0.3) is 0 Å². The lowest BCUT2D eigenvalue weighted by Gasteiger charge is -2.06. The van der Waals surface area contributed by atoms with Gasteiger partial charge in [-0.05, 0) is 69.7 Å². The molecule has 0 fully saturated rings. The highest BCUT2D eigenvalue weighted by Crippen LogP contribution is 2.15. The Balaban J connectivity index is 2.15. The van der Waals surface area contributed by atoms with E-state index in [2.05, 4.69) is 26.6 Å². The van der Waals surface area contributed by atoms with Crippen molar-refractivity contribution < 1.29 is 4.39 Å². The third kappa shape index (κ3) is 6.15. The van der Waals surface area contributed by atoms with Crippen LogP contribution >= 0.6 is 15.9 Å². The Morgan fingerprint density at radius 2 is 1.94 bits per heavy atom. The van der Waals surface area contributed by atoms with Crippen LogP contribution in [0.3, 0.4) is 0 Å². The van der Waals surface area contributed by atoms with Crippen LogP contribution in [0.1, 0.15) is 18.4 Å². The van der Waals surface area contributed by atoms with Crippen molar-refractivity contribution in [3.8, 4) is 0 Å². The molecule has 0 amide bonds. The summed E-state index contributed by atoms with van der Waals surface area (Å²) >= 11 is 3.35. The van der Waals surface area contributed by atoms with Crippen molar-refractivity contribution in [1.82, 2.24) is 10.6 Å². The van der Waals surface area contributed by atoms with Crippen molar-refractivity contribution in [1.29, 1.82) is 0 Å². The number of benzene rings is 1. The maximum absolute atomic E-state index is 13.4. The van der Waals surface area contributed by atoms with Gasteiger partial charge >= 0.3 is 0 Å². The first-order valence-electron chi connectivity index (χ1n) is 6.03. The summed E-state index contributed by atoms with van der Waals surface area (Å²) in [5.41, 5.74) is 0.766. The van der Waals surface area contributed by atoms with Crippen LogP contribution in [-0.2, 0) is 6.42 Å². The van der Waals surface area contributed by atoms with Crippen LogP contribution in [0.4, 0.5) is 4.39 Å². The molecule has 4 heteroatoms. The normalized spacial score (nSPS) is 10.8. The van der Waals surface area contributed by atoms with Gasteiger partial charge in [0, 0.05) is 4.47 Å². The van der Waals surface area contributed by atoms with E-state index < -0.39 is 0 Å². The van der Waals surface area contributed by atoms with E-state index in [1.165, 1.54) is 12.5 Å². The number of hydrogen-bond donors (Lipinski definition) is 2. The number of unbranched alkanes of at least 4 members (excludes halogenated alkanes) is 1. The predicted octanol–water partition coefficient (Wildman–Crippen LogP) is 2.72. The monoisotopic (exact) mass is 302 g/mol. The molecule has 0 atom stereocenters. The van der Waals surface area contributed by atoms with Crippen LogP contribution < -0.4 is 10.6 Å². The molecule has 0 aliphatic rings. The molecule has 96 valence electrons. The zero-order valence-electron chi connectivity index (χ0n) is 10.2. The fourth-order valence-corrected chi connectivity index (χ4v) is 2.04. The molecule has 17 heavy (non-hydrogen) atoms. The zero-order valence-corrected chi connectivity index (χ0v) is 11.8. The summed E-state index contributed by atoms with van der Waals surface area (Å²) in [5.74, 6) is -0.120. The number of hydrogen-bond acceptors (Lipinski definition) is 2. The van der Waals surface area contributed by atoms with Gasteiger partial charge in [-0.25, -0.2) is 4.39 Å². The lowest BCUT2D eigenvalue weighted by atomic mass is 10.1. The molecule has 0 aliphatic carbocycles. The smallest absolute Gasteiger partial charge is 0.126 e. The van der Waals surface area contributed by atoms with Gasteiger partial charge in [-0.1, -0.05) is 15.9 Å². The van der Waals surface area contributed by atoms with E-state index in [9.17, 15) is 4.39 Å². The molecule has 1 aromatic rings. The Morgan fingerprint density at radius 3 is 2.71 bits per heavy atom. The van der Waals surface area contributed by atoms with Crippen molar-refractivity contribution in [2.24, 2.45) is 0 Å². The van der Waals surface area contributed by atoms with Crippen molar-refractivity contribution in [3.05, 3.63) is 34.1 Å². The van der Waals surface area contributed by atoms with Crippen LogP contribution in [-0.4, -0.2) is 26.7 Å². The molecule has 0 heterocycles. The molecule has 1 aromatic carbocycles. The third-order valence-electron chi connectivity index (χ3n) is 2.61. The standard InChI is InChI=1S/C13H20BrFN2/c1-16-7-2-3-8-17-9-6-11-10-12(14)4-5-13(11)15/h4-5,10,16-17H,2-3,6-9H2,1H3. The molecule has 0 saturated heterocycles. The minimum Gasteiger partial charge on any atom is -0.320 e. The van der Waals surface area contributed by atoms with Crippen molar-refractivity contribution in [3.63, 3.8) is 0 Å². The molecule has 0 bridgehead atoms. The van der Waals surface area contributed by atoms with Gasteiger partial charge in [0.1, 0.15) is 5.82 Å². The first-order valence-corrected chi connectivity index (χ1v) is 6.82. The lowest BCUT2D eigenvalue weighted by Crippen LogP contribution is -2.20. The van der Waals surface area contributed by atoms with Crippen LogP contribution in [0.5, 0.6) is 0 Å². The summed E-state index contributed by atoms with van der Waals surface area (Å²) in [5, 5.41) is 6.45. The second kappa shape index (κ2) is 8.61. The lowest BCUT2D eigenvalue weighted by molar-refractivity contribution is 0.582. The average molecular weight is 303 g/mol. The topological polar surface area (TPSA) is 24.1 Å². The van der Waals surface area contributed by atoms with Gasteiger partial charge in [0.15, 0.2) is 0 Å². The van der Waals surface area contributed by atoms with Crippen LogP contribution in [0.25, 0.3) is 0 Å². The van der Waals surface area contributed by atoms with E-state index >= 15 is 0 Å². The van der Waals surface area contributed by atoms with E-state index in [-0.39, 0.29) is 5.82 Å². The van der Waals surface area contributed by atoms with E-state index in [4.69, 9.17) is 0 Å². The molecule has 0 unspecified atom stereocenters. The number of halogens is 2. The van der Waals surface area contributed by atoms with Gasteiger partial charge in [-0.3, -0.25) is 0 Å². The van der Waals surface area contributed by atoms with E-state index in [0.29, 0.717) is 0 Å². The van der Waals surface area contributed by atoms with Crippen molar-refractivity contribution in [2.75, 3.05) is 26.7 Å². The Labute approximate surface area is 111 Å². The Bertz CT molecular complexity index is 331. The van der Waals surface area contributed by atoms with Gasteiger partial charge in [-0.15, -0.1) is 0 Å². The summed E-state index contributed by atoms with van der Waals surface area (Å²) in [4.78, 5) is 0. The average Bonchev–Trinajstić information content (AvgIpc) is 2.32. The maximum Gasteiger partial charge on any atom is 0.126 e.